The van der Waals surface area contributed by atoms with Crippen LogP contribution in [0.4, 0.5) is 0 Å². The number of methoxy groups -OCH3 is 1. The number of nitrogens with one attached hydrogen (secondary N) is 1. The van der Waals surface area contributed by atoms with Gasteiger partial charge in [0.05, 0.1) is 31.7 Å². The number of aliphatic hydroxyl groups excluding tert-OH is 2. The molecule has 1 rings (SSSR count). The molecule has 0 spiro atoms. The van der Waals surface area contributed by atoms with Crippen LogP contribution in [0.2, 0.25) is 0 Å². The molecule has 122 valence electrons. The molecular formula is C15H22N2O5. The van der Waals surface area contributed by atoms with Gasteiger partial charge in [0.2, 0.25) is 0 Å². The van der Waals surface area contributed by atoms with Gasteiger partial charge in [-0.2, -0.15) is 0 Å². The molecule has 0 aromatic carbocycles. The molecule has 0 saturated carbocycles. The monoisotopic (exact) mass is 310 g/mol. The zero-order valence-electron chi connectivity index (χ0n) is 12.7. The Morgan fingerprint density at radius 1 is 1.14 bits per heavy atom. The number of hydrogen-bond acceptors (Lipinski definition) is 6. The van der Waals surface area contributed by atoms with Crippen molar-refractivity contribution in [2.24, 2.45) is 0 Å². The summed E-state index contributed by atoms with van der Waals surface area (Å²) in [6.07, 6.45) is 2.68. The highest BCUT2D eigenvalue weighted by Gasteiger charge is 2.09. The number of nitrogens with zero attached hydrogens (tertiary/aromatic N) is 1. The van der Waals surface area contributed by atoms with Crippen LogP contribution in [-0.4, -0.2) is 40.7 Å². The average Bonchev–Trinajstić information content (AvgIpc) is 2.56. The molecule has 1 aromatic rings. The van der Waals surface area contributed by atoms with Gasteiger partial charge in [0.1, 0.15) is 0 Å². The van der Waals surface area contributed by atoms with E-state index in [-0.39, 0.29) is 25.1 Å². The first-order valence-corrected chi connectivity index (χ1v) is 7.17. The van der Waals surface area contributed by atoms with E-state index in [2.05, 4.69) is 15.0 Å². The van der Waals surface area contributed by atoms with Crippen LogP contribution >= 0.6 is 0 Å². The third-order valence-electron chi connectivity index (χ3n) is 3.09. The topological polar surface area (TPSA) is 109 Å². The van der Waals surface area contributed by atoms with E-state index in [0.29, 0.717) is 29.9 Å². The Morgan fingerprint density at radius 3 is 2.32 bits per heavy atom. The third-order valence-corrected chi connectivity index (χ3v) is 3.09. The van der Waals surface area contributed by atoms with Crippen molar-refractivity contribution >= 4 is 11.9 Å². The number of aliphatic hydroxyl groups is 2. The zero-order valence-corrected chi connectivity index (χ0v) is 12.7. The Hall–Kier alpha value is -1.99. The minimum atomic E-state index is -0.290. The van der Waals surface area contributed by atoms with E-state index in [0.717, 1.165) is 19.3 Å². The minimum Gasteiger partial charge on any atom is -0.469 e. The summed E-state index contributed by atoms with van der Waals surface area (Å²) < 4.78 is 4.54. The van der Waals surface area contributed by atoms with Gasteiger partial charge < -0.3 is 20.3 Å². The van der Waals surface area contributed by atoms with Crippen LogP contribution in [0.25, 0.3) is 0 Å². The predicted molar refractivity (Wildman–Crippen MR) is 78.9 cm³/mol. The smallest absolute Gasteiger partial charge is 0.305 e. The van der Waals surface area contributed by atoms with Crippen LogP contribution in [0.1, 0.15) is 47.4 Å². The van der Waals surface area contributed by atoms with Gasteiger partial charge in [0.15, 0.2) is 0 Å². The van der Waals surface area contributed by atoms with E-state index in [1.165, 1.54) is 19.2 Å². The van der Waals surface area contributed by atoms with Gasteiger partial charge in [-0.1, -0.05) is 6.42 Å². The molecule has 0 bridgehead atoms. The second kappa shape index (κ2) is 9.86. The highest BCUT2D eigenvalue weighted by Crippen LogP contribution is 2.07. The fraction of sp³-hybridized carbons (Fsp3) is 0.533. The minimum absolute atomic E-state index is 0.228. The van der Waals surface area contributed by atoms with Gasteiger partial charge in [0.25, 0.3) is 5.91 Å². The lowest BCUT2D eigenvalue weighted by molar-refractivity contribution is -0.140. The van der Waals surface area contributed by atoms with E-state index in [1.807, 2.05) is 0 Å². The summed E-state index contributed by atoms with van der Waals surface area (Å²) >= 11 is 0. The number of hydrogen-bond donors (Lipinski definition) is 3. The number of aromatic nitrogens is 1. The van der Waals surface area contributed by atoms with Crippen molar-refractivity contribution in [1.82, 2.24) is 10.3 Å². The van der Waals surface area contributed by atoms with Crippen LogP contribution in [0.3, 0.4) is 0 Å². The maximum Gasteiger partial charge on any atom is 0.305 e. The highest BCUT2D eigenvalue weighted by molar-refractivity contribution is 5.94. The molecule has 7 heteroatoms. The molecule has 0 atom stereocenters. The lowest BCUT2D eigenvalue weighted by atomic mass is 10.1. The molecule has 7 nitrogen and oxygen atoms in total. The number of ether oxygens (including phenoxy) is 1. The standard InChI is InChI=1S/C15H22N2O5/c1-22-14(20)5-3-2-4-6-16-15(21)11-7-12(9-18)17-13(8-11)10-19/h7-8,18-19H,2-6,9-10H2,1H3,(H,16,21). The maximum absolute atomic E-state index is 12.0. The van der Waals surface area contributed by atoms with Gasteiger partial charge in [-0.15, -0.1) is 0 Å². The molecule has 1 heterocycles. The van der Waals surface area contributed by atoms with Crippen LogP contribution in [0.5, 0.6) is 0 Å². The van der Waals surface area contributed by atoms with Crippen molar-refractivity contribution in [2.45, 2.75) is 38.9 Å². The van der Waals surface area contributed by atoms with E-state index in [1.54, 1.807) is 0 Å². The number of carbonyl (C=O) groups is 2. The Balaban J connectivity index is 2.37. The molecule has 1 aromatic heterocycles. The predicted octanol–water partition coefficient (Wildman–Crippen LogP) is 0.529. The number of unbranched alkanes of at least 4 members (excludes halogenated alkanes) is 2. The van der Waals surface area contributed by atoms with Gasteiger partial charge in [-0.25, -0.2) is 0 Å². The third kappa shape index (κ3) is 6.19. The van der Waals surface area contributed by atoms with E-state index >= 15 is 0 Å². The molecule has 0 fully saturated rings. The molecule has 0 radical (unpaired) electrons. The summed E-state index contributed by atoms with van der Waals surface area (Å²) in [4.78, 5) is 26.9. The molecule has 0 aliphatic carbocycles. The zero-order chi connectivity index (χ0) is 16.4. The lowest BCUT2D eigenvalue weighted by Gasteiger charge is -2.08. The van der Waals surface area contributed by atoms with Crippen molar-refractivity contribution in [3.63, 3.8) is 0 Å². The largest absolute Gasteiger partial charge is 0.469 e. The van der Waals surface area contributed by atoms with Gasteiger partial charge in [-0.3, -0.25) is 14.6 Å². The fourth-order valence-corrected chi connectivity index (χ4v) is 1.92. The summed E-state index contributed by atoms with van der Waals surface area (Å²) in [5.74, 6) is -0.506. The number of rotatable bonds is 9. The number of pyridine rings is 1. The van der Waals surface area contributed by atoms with Crippen molar-refractivity contribution in [3.05, 3.63) is 29.1 Å². The van der Waals surface area contributed by atoms with E-state index < -0.39 is 0 Å². The summed E-state index contributed by atoms with van der Waals surface area (Å²) in [5, 5.41) is 20.9. The van der Waals surface area contributed by atoms with Crippen LogP contribution < -0.4 is 5.32 Å². The second-order valence-electron chi connectivity index (χ2n) is 4.80. The average molecular weight is 310 g/mol. The summed E-state index contributed by atoms with van der Waals surface area (Å²) in [6.45, 7) is -0.0887. The highest BCUT2D eigenvalue weighted by atomic mass is 16.5. The summed E-state index contributed by atoms with van der Waals surface area (Å²) in [5.41, 5.74) is 1.04. The Morgan fingerprint density at radius 2 is 1.77 bits per heavy atom. The first-order chi connectivity index (χ1) is 10.6. The Kier molecular flexibility index (Phi) is 8.09. The van der Waals surface area contributed by atoms with Crippen molar-refractivity contribution < 1.29 is 24.5 Å². The molecule has 1 amide bonds. The summed E-state index contributed by atoms with van der Waals surface area (Å²) in [7, 11) is 1.36. The second-order valence-corrected chi connectivity index (χ2v) is 4.80. The van der Waals surface area contributed by atoms with Crippen molar-refractivity contribution in [3.8, 4) is 0 Å². The first kappa shape index (κ1) is 18.1. The molecule has 0 aliphatic heterocycles. The number of carbonyl (C=O) groups excluding carboxylic acids is 2. The van der Waals surface area contributed by atoms with Gasteiger partial charge in [-0.05, 0) is 25.0 Å². The van der Waals surface area contributed by atoms with Crippen LogP contribution in [0, 0.1) is 0 Å². The summed E-state index contributed by atoms with van der Waals surface area (Å²) in [6, 6.07) is 2.98. The fourth-order valence-electron chi connectivity index (χ4n) is 1.92. The molecule has 3 N–H and O–H groups in total. The normalized spacial score (nSPS) is 10.3. The molecule has 0 saturated heterocycles. The van der Waals surface area contributed by atoms with E-state index in [4.69, 9.17) is 10.2 Å². The lowest BCUT2D eigenvalue weighted by Crippen LogP contribution is -2.25. The molecule has 0 aliphatic rings. The number of esters is 1. The number of amides is 1. The molecule has 0 unspecified atom stereocenters. The Bertz CT molecular complexity index is 482. The first-order valence-electron chi connectivity index (χ1n) is 7.17. The molecular weight excluding hydrogens is 288 g/mol. The van der Waals surface area contributed by atoms with Crippen molar-refractivity contribution in [2.75, 3.05) is 13.7 Å². The SMILES string of the molecule is COC(=O)CCCCCNC(=O)c1cc(CO)nc(CO)c1. The van der Waals surface area contributed by atoms with Crippen molar-refractivity contribution in [1.29, 1.82) is 0 Å². The van der Waals surface area contributed by atoms with E-state index in [9.17, 15) is 9.59 Å². The van der Waals surface area contributed by atoms with Gasteiger partial charge in [0, 0.05) is 18.5 Å². The molecule has 22 heavy (non-hydrogen) atoms. The quantitative estimate of drug-likeness (QED) is 0.453. The maximum atomic E-state index is 12.0. The Labute approximate surface area is 129 Å². The van der Waals surface area contributed by atoms with Crippen LogP contribution in [0.15, 0.2) is 12.1 Å². The van der Waals surface area contributed by atoms with Crippen LogP contribution in [-0.2, 0) is 22.7 Å². The van der Waals surface area contributed by atoms with Gasteiger partial charge >= 0.3 is 5.97 Å².